The Bertz CT molecular complexity index is 434. The summed E-state index contributed by atoms with van der Waals surface area (Å²) >= 11 is 0. The predicted molar refractivity (Wildman–Crippen MR) is 64.2 cm³/mol. The van der Waals surface area contributed by atoms with Crippen molar-refractivity contribution in [2.45, 2.75) is 20.1 Å². The molecule has 0 saturated carbocycles. The lowest BCUT2D eigenvalue weighted by atomic mass is 10.3. The van der Waals surface area contributed by atoms with Crippen LogP contribution in [0.3, 0.4) is 0 Å². The van der Waals surface area contributed by atoms with Crippen molar-refractivity contribution < 1.29 is 38.5 Å². The summed E-state index contributed by atoms with van der Waals surface area (Å²) in [6, 6.07) is 0. The van der Waals surface area contributed by atoms with Crippen molar-refractivity contribution in [1.29, 1.82) is 0 Å². The van der Waals surface area contributed by atoms with E-state index in [1.54, 1.807) is 0 Å². The molecule has 0 fully saturated rings. The molecular weight excluding hydrogens is 272 g/mol. The van der Waals surface area contributed by atoms with Gasteiger partial charge >= 0.3 is 23.9 Å². The van der Waals surface area contributed by atoms with Gasteiger partial charge in [-0.3, -0.25) is 0 Å². The zero-order valence-corrected chi connectivity index (χ0v) is 11.0. The van der Waals surface area contributed by atoms with Crippen LogP contribution in [0.2, 0.25) is 0 Å². The lowest BCUT2D eigenvalue weighted by Crippen LogP contribution is -2.32. The second-order valence-electron chi connectivity index (χ2n) is 3.70. The van der Waals surface area contributed by atoms with Gasteiger partial charge in [0.25, 0.3) is 6.29 Å². The van der Waals surface area contributed by atoms with Crippen LogP contribution in [0.1, 0.15) is 13.8 Å². The molecule has 0 unspecified atom stereocenters. The number of rotatable bonds is 6. The first-order valence-corrected chi connectivity index (χ1v) is 5.28. The SMILES string of the molecule is C=C(C)C(=O)OC(COC(=O)C(=O)O)OC(=O)C(=C)C. The highest BCUT2D eigenvalue weighted by Gasteiger charge is 2.23. The van der Waals surface area contributed by atoms with Crippen LogP contribution in [0.15, 0.2) is 24.3 Å². The van der Waals surface area contributed by atoms with Crippen LogP contribution < -0.4 is 0 Å². The highest BCUT2D eigenvalue weighted by atomic mass is 16.7. The molecule has 20 heavy (non-hydrogen) atoms. The third-order valence-electron chi connectivity index (χ3n) is 1.70. The zero-order valence-electron chi connectivity index (χ0n) is 11.0. The molecule has 0 saturated heterocycles. The molecule has 0 aliphatic rings. The summed E-state index contributed by atoms with van der Waals surface area (Å²) in [4.78, 5) is 43.6. The van der Waals surface area contributed by atoms with E-state index in [0.717, 1.165) is 0 Å². The van der Waals surface area contributed by atoms with E-state index in [9.17, 15) is 19.2 Å². The molecule has 110 valence electrons. The van der Waals surface area contributed by atoms with E-state index >= 15 is 0 Å². The standard InChI is InChI=1S/C12H14O8/c1-6(2)10(15)19-8(20-11(16)7(3)4)5-18-12(17)9(13)14/h8H,1,3,5H2,2,4H3,(H,13,14). The lowest BCUT2D eigenvalue weighted by Gasteiger charge is -2.17. The number of esters is 3. The van der Waals surface area contributed by atoms with Crippen molar-refractivity contribution in [2.75, 3.05) is 6.61 Å². The van der Waals surface area contributed by atoms with E-state index in [0.29, 0.717) is 0 Å². The Kier molecular flexibility index (Phi) is 6.70. The Hall–Kier alpha value is -2.64. The van der Waals surface area contributed by atoms with Gasteiger partial charge in [0, 0.05) is 11.1 Å². The molecule has 8 nitrogen and oxygen atoms in total. The van der Waals surface area contributed by atoms with E-state index in [1.165, 1.54) is 13.8 Å². The first-order chi connectivity index (χ1) is 9.15. The molecule has 0 aromatic rings. The highest BCUT2D eigenvalue weighted by molar-refractivity contribution is 6.28. The Morgan fingerprint density at radius 1 is 0.950 bits per heavy atom. The number of aliphatic carboxylic acids is 1. The number of hydrogen-bond acceptors (Lipinski definition) is 7. The van der Waals surface area contributed by atoms with Crippen molar-refractivity contribution in [3.05, 3.63) is 24.3 Å². The maximum Gasteiger partial charge on any atom is 0.417 e. The summed E-state index contributed by atoms with van der Waals surface area (Å²) in [5.41, 5.74) is 0.0388. The molecular formula is C12H14O8. The van der Waals surface area contributed by atoms with Crippen molar-refractivity contribution in [2.24, 2.45) is 0 Å². The van der Waals surface area contributed by atoms with Crippen LogP contribution in [-0.4, -0.2) is 41.9 Å². The molecule has 0 heterocycles. The minimum Gasteiger partial charge on any atom is -0.473 e. The second kappa shape index (κ2) is 7.72. The van der Waals surface area contributed by atoms with Crippen LogP contribution >= 0.6 is 0 Å². The Morgan fingerprint density at radius 2 is 1.35 bits per heavy atom. The van der Waals surface area contributed by atoms with Gasteiger partial charge in [0.1, 0.15) is 0 Å². The van der Waals surface area contributed by atoms with Gasteiger partial charge in [-0.15, -0.1) is 0 Å². The Labute approximate surface area is 114 Å². The third-order valence-corrected chi connectivity index (χ3v) is 1.70. The van der Waals surface area contributed by atoms with Gasteiger partial charge in [-0.2, -0.15) is 0 Å². The topological polar surface area (TPSA) is 116 Å². The zero-order chi connectivity index (χ0) is 15.9. The van der Waals surface area contributed by atoms with Crippen LogP contribution in [0, 0.1) is 0 Å². The number of carbonyl (C=O) groups excluding carboxylic acids is 3. The Morgan fingerprint density at radius 3 is 1.65 bits per heavy atom. The molecule has 0 rings (SSSR count). The highest BCUT2D eigenvalue weighted by Crippen LogP contribution is 2.05. The quantitative estimate of drug-likeness (QED) is 0.318. The first-order valence-electron chi connectivity index (χ1n) is 5.28. The van der Waals surface area contributed by atoms with Crippen LogP contribution in [0.4, 0.5) is 0 Å². The molecule has 0 bridgehead atoms. The van der Waals surface area contributed by atoms with E-state index in [2.05, 4.69) is 27.4 Å². The molecule has 1 N–H and O–H groups in total. The summed E-state index contributed by atoms with van der Waals surface area (Å²) in [5.74, 6) is -5.19. The number of ether oxygens (including phenoxy) is 3. The van der Waals surface area contributed by atoms with Gasteiger partial charge in [0.05, 0.1) is 0 Å². The number of carbonyl (C=O) groups is 4. The fourth-order valence-electron chi connectivity index (χ4n) is 0.738. The van der Waals surface area contributed by atoms with E-state index in [-0.39, 0.29) is 11.1 Å². The fraction of sp³-hybridized carbons (Fsp3) is 0.333. The van der Waals surface area contributed by atoms with E-state index < -0.39 is 36.8 Å². The lowest BCUT2D eigenvalue weighted by molar-refractivity contribution is -0.196. The van der Waals surface area contributed by atoms with Gasteiger partial charge in [0.2, 0.25) is 0 Å². The summed E-state index contributed by atoms with van der Waals surface area (Å²) in [5, 5.41) is 8.32. The summed E-state index contributed by atoms with van der Waals surface area (Å²) < 4.78 is 13.6. The first kappa shape index (κ1) is 17.4. The van der Waals surface area contributed by atoms with E-state index in [1.807, 2.05) is 0 Å². The monoisotopic (exact) mass is 286 g/mol. The number of carboxylic acids is 1. The molecule has 0 radical (unpaired) electrons. The van der Waals surface area contributed by atoms with Gasteiger partial charge in [-0.05, 0) is 13.8 Å². The number of hydrogen-bond donors (Lipinski definition) is 1. The van der Waals surface area contributed by atoms with Crippen LogP contribution in [0.5, 0.6) is 0 Å². The summed E-state index contributed by atoms with van der Waals surface area (Å²) in [6.07, 6.45) is -1.59. The molecule has 8 heteroatoms. The largest absolute Gasteiger partial charge is 0.473 e. The molecule has 0 atom stereocenters. The molecule has 0 spiro atoms. The molecule has 0 amide bonds. The van der Waals surface area contributed by atoms with Crippen molar-refractivity contribution in [1.82, 2.24) is 0 Å². The molecule has 0 aromatic heterocycles. The minimum absolute atomic E-state index is 0.0194. The van der Waals surface area contributed by atoms with Gasteiger partial charge in [-0.25, -0.2) is 19.2 Å². The Balaban J connectivity index is 4.70. The van der Waals surface area contributed by atoms with Crippen LogP contribution in [0.25, 0.3) is 0 Å². The van der Waals surface area contributed by atoms with Gasteiger partial charge < -0.3 is 19.3 Å². The van der Waals surface area contributed by atoms with Crippen LogP contribution in [-0.2, 0) is 33.4 Å². The summed E-state index contributed by atoms with van der Waals surface area (Å²) in [7, 11) is 0. The molecule has 0 aliphatic carbocycles. The van der Waals surface area contributed by atoms with Gasteiger partial charge in [-0.1, -0.05) is 13.2 Å². The van der Waals surface area contributed by atoms with Crippen molar-refractivity contribution in [3.63, 3.8) is 0 Å². The minimum atomic E-state index is -1.83. The summed E-state index contributed by atoms with van der Waals surface area (Å²) in [6.45, 7) is 8.56. The average Bonchev–Trinajstić information content (AvgIpc) is 2.34. The maximum atomic E-state index is 11.3. The normalized spacial score (nSPS) is 9.55. The smallest absolute Gasteiger partial charge is 0.417 e. The average molecular weight is 286 g/mol. The number of carboxylic acid groups (broad SMARTS) is 1. The second-order valence-corrected chi connectivity index (χ2v) is 3.70. The maximum absolute atomic E-state index is 11.3. The third kappa shape index (κ3) is 6.34. The molecule has 0 aliphatic heterocycles. The predicted octanol–water partition coefficient (Wildman–Crippen LogP) is 0.179. The van der Waals surface area contributed by atoms with Crippen molar-refractivity contribution in [3.8, 4) is 0 Å². The molecule has 0 aromatic carbocycles. The van der Waals surface area contributed by atoms with E-state index in [4.69, 9.17) is 5.11 Å². The fourth-order valence-corrected chi connectivity index (χ4v) is 0.738. The van der Waals surface area contributed by atoms with Crippen molar-refractivity contribution >= 4 is 23.9 Å². The van der Waals surface area contributed by atoms with Gasteiger partial charge in [0.15, 0.2) is 6.61 Å².